The molecule has 1 saturated heterocycles. The van der Waals surface area contributed by atoms with Gasteiger partial charge in [-0.05, 0) is 49.8 Å². The van der Waals surface area contributed by atoms with E-state index in [-0.39, 0.29) is 5.54 Å². The molecule has 0 unspecified atom stereocenters. The number of hydrogen-bond donors (Lipinski definition) is 2. The Labute approximate surface area is 178 Å². The van der Waals surface area contributed by atoms with E-state index in [1.54, 1.807) is 29.5 Å². The first-order valence-electron chi connectivity index (χ1n) is 9.94. The highest BCUT2D eigenvalue weighted by Gasteiger charge is 2.46. The Morgan fingerprint density at radius 2 is 2.17 bits per heavy atom. The van der Waals surface area contributed by atoms with Crippen molar-refractivity contribution in [1.29, 1.82) is 5.26 Å². The lowest BCUT2D eigenvalue weighted by atomic mass is 9.75. The molecule has 0 amide bonds. The Morgan fingerprint density at radius 3 is 2.90 bits per heavy atom. The maximum absolute atomic E-state index is 9.35. The number of hydrogen-bond acceptors (Lipinski definition) is 7. The minimum atomic E-state index is 0.117. The van der Waals surface area contributed by atoms with Crippen LogP contribution in [0.1, 0.15) is 35.4 Å². The summed E-state index contributed by atoms with van der Waals surface area (Å²) in [6.07, 6.45) is 7.42. The summed E-state index contributed by atoms with van der Waals surface area (Å²) < 4.78 is 10.2. The number of anilines is 1. The second kappa shape index (κ2) is 7.65. The van der Waals surface area contributed by atoms with Gasteiger partial charge >= 0.3 is 0 Å². The Balaban J connectivity index is 1.35. The zero-order chi connectivity index (χ0) is 19.8. The van der Waals surface area contributed by atoms with Crippen LogP contribution in [-0.2, 0) is 10.3 Å². The molecule has 2 aromatic heterocycles. The molecule has 1 aliphatic heterocycles. The Morgan fingerprint density at radius 1 is 1.34 bits per heavy atom. The molecule has 0 spiro atoms. The van der Waals surface area contributed by atoms with Crippen LogP contribution in [-0.4, -0.2) is 41.2 Å². The number of rotatable bonds is 5. The monoisotopic (exact) mass is 425 g/mol. The maximum atomic E-state index is 9.35. The lowest BCUT2D eigenvalue weighted by Crippen LogP contribution is -2.55. The van der Waals surface area contributed by atoms with E-state index in [2.05, 4.69) is 32.8 Å². The van der Waals surface area contributed by atoms with Gasteiger partial charge in [-0.3, -0.25) is 4.90 Å². The highest BCUT2D eigenvalue weighted by Crippen LogP contribution is 2.49. The third kappa shape index (κ3) is 3.22. The average Bonchev–Trinajstić information content (AvgIpc) is 3.36. The second-order valence-corrected chi connectivity index (χ2v) is 9.80. The van der Waals surface area contributed by atoms with E-state index >= 15 is 0 Å². The number of morpholine rings is 1. The van der Waals surface area contributed by atoms with Gasteiger partial charge in [0.25, 0.3) is 0 Å². The highest BCUT2D eigenvalue weighted by atomic mass is 32.2. The first-order chi connectivity index (χ1) is 14.2. The summed E-state index contributed by atoms with van der Waals surface area (Å²) in [4.78, 5) is 10.6. The molecule has 3 heterocycles. The fraction of sp³-hybridized carbons (Fsp3) is 0.429. The molecule has 3 aromatic rings. The number of benzene rings is 1. The van der Waals surface area contributed by atoms with Crippen molar-refractivity contribution < 1.29 is 4.74 Å². The van der Waals surface area contributed by atoms with Gasteiger partial charge in [-0.2, -0.15) is 5.26 Å². The number of thiazole rings is 1. The van der Waals surface area contributed by atoms with Crippen LogP contribution in [0.3, 0.4) is 0 Å². The van der Waals surface area contributed by atoms with Gasteiger partial charge in [0.2, 0.25) is 0 Å². The molecule has 2 fully saturated rings. The smallest absolute Gasteiger partial charge is 0.114 e. The first-order valence-corrected chi connectivity index (χ1v) is 11.6. The topological polar surface area (TPSA) is 77.0 Å². The highest BCUT2D eigenvalue weighted by molar-refractivity contribution is 8.02. The summed E-state index contributed by atoms with van der Waals surface area (Å²) in [5, 5.41) is 11.6. The average molecular weight is 426 g/mol. The van der Waals surface area contributed by atoms with Gasteiger partial charge in [0.1, 0.15) is 15.3 Å². The zero-order valence-electron chi connectivity index (χ0n) is 16.3. The fourth-order valence-electron chi connectivity index (χ4n) is 4.39. The summed E-state index contributed by atoms with van der Waals surface area (Å²) in [5.41, 5.74) is 3.86. The summed E-state index contributed by atoms with van der Waals surface area (Å²) in [6, 6.07) is 6.38. The van der Waals surface area contributed by atoms with E-state index < -0.39 is 0 Å². The van der Waals surface area contributed by atoms with Gasteiger partial charge < -0.3 is 14.4 Å². The quantitative estimate of drug-likeness (QED) is 0.580. The fourth-order valence-corrected chi connectivity index (χ4v) is 6.33. The van der Waals surface area contributed by atoms with E-state index in [0.29, 0.717) is 5.56 Å². The molecule has 8 heteroatoms. The molecule has 29 heavy (non-hydrogen) atoms. The summed E-state index contributed by atoms with van der Waals surface area (Å²) >= 11 is 3.38. The molecule has 150 valence electrons. The number of aromatic amines is 1. The van der Waals surface area contributed by atoms with E-state index in [0.717, 1.165) is 52.7 Å². The van der Waals surface area contributed by atoms with E-state index in [1.165, 1.54) is 24.3 Å². The molecule has 2 N–H and O–H groups in total. The normalized spacial score (nSPS) is 19.0. The summed E-state index contributed by atoms with van der Waals surface area (Å²) in [5.74, 6) is 0. The molecule has 0 bridgehead atoms. The minimum Gasteiger partial charge on any atom is -0.379 e. The number of ether oxygens (including phenoxy) is 1. The summed E-state index contributed by atoms with van der Waals surface area (Å²) in [7, 11) is 0. The van der Waals surface area contributed by atoms with Crippen LogP contribution < -0.4 is 4.72 Å². The molecule has 1 aliphatic carbocycles. The number of H-pyrrole nitrogens is 1. The van der Waals surface area contributed by atoms with E-state index in [4.69, 9.17) is 9.72 Å². The van der Waals surface area contributed by atoms with E-state index in [1.807, 2.05) is 13.1 Å². The van der Waals surface area contributed by atoms with Crippen molar-refractivity contribution in [2.24, 2.45) is 0 Å². The Kier molecular flexibility index (Phi) is 5.00. The van der Waals surface area contributed by atoms with Gasteiger partial charge in [-0.25, -0.2) is 4.98 Å². The van der Waals surface area contributed by atoms with Gasteiger partial charge in [0.15, 0.2) is 0 Å². The van der Waals surface area contributed by atoms with E-state index in [9.17, 15) is 5.26 Å². The van der Waals surface area contributed by atoms with Gasteiger partial charge in [0.05, 0.1) is 41.7 Å². The number of nitrogens with one attached hydrogen (secondary N) is 2. The number of nitrogens with zero attached hydrogens (tertiary/aromatic N) is 3. The third-order valence-electron chi connectivity index (χ3n) is 6.11. The van der Waals surface area contributed by atoms with Crippen molar-refractivity contribution in [3.63, 3.8) is 0 Å². The Hall–Kier alpha value is -2.05. The molecular formula is C21H23N5OS2. The third-order valence-corrected chi connectivity index (χ3v) is 8.22. The lowest BCUT2D eigenvalue weighted by Gasteiger charge is -2.50. The van der Waals surface area contributed by atoms with Crippen molar-refractivity contribution in [2.45, 2.75) is 35.9 Å². The number of aryl methyl sites for hydroxylation is 1. The number of nitriles is 1. The number of aromatic nitrogens is 2. The Bertz CT molecular complexity index is 1070. The second-order valence-electron chi connectivity index (χ2n) is 7.67. The van der Waals surface area contributed by atoms with Crippen LogP contribution in [0.4, 0.5) is 5.69 Å². The van der Waals surface area contributed by atoms with Crippen molar-refractivity contribution in [3.8, 4) is 6.07 Å². The van der Waals surface area contributed by atoms with Crippen molar-refractivity contribution in [2.75, 3.05) is 31.0 Å². The molecule has 0 atom stereocenters. The molecule has 2 aliphatic rings. The molecule has 5 rings (SSSR count). The largest absolute Gasteiger partial charge is 0.379 e. The molecule has 1 aromatic carbocycles. The van der Waals surface area contributed by atoms with Crippen LogP contribution in [0.15, 0.2) is 28.7 Å². The SMILES string of the molecule is Cc1ccc(NSc2cnc(C3(N4CCOCC4)CCC3)s2)c2[nH]cc(C#N)c12. The predicted octanol–water partition coefficient (Wildman–Crippen LogP) is 4.64. The maximum Gasteiger partial charge on any atom is 0.114 e. The number of fused-ring (bicyclic) bond motifs is 1. The van der Waals surface area contributed by atoms with Gasteiger partial charge in [-0.1, -0.05) is 6.07 Å². The minimum absolute atomic E-state index is 0.117. The standard InChI is InChI=1S/C21H23N5OS2/c1-14-3-4-16(19-18(14)15(11-22)12-23-19)25-29-17-13-24-20(28-17)21(5-2-6-21)26-7-9-27-10-8-26/h3-4,12-13,23,25H,2,5-10H2,1H3. The van der Waals surface area contributed by atoms with Crippen LogP contribution in [0.5, 0.6) is 0 Å². The van der Waals surface area contributed by atoms with Gasteiger partial charge in [-0.15, -0.1) is 11.3 Å². The van der Waals surface area contributed by atoms with Crippen LogP contribution in [0.2, 0.25) is 0 Å². The molecular weight excluding hydrogens is 402 g/mol. The van der Waals surface area contributed by atoms with Crippen molar-refractivity contribution in [3.05, 3.63) is 40.7 Å². The van der Waals surface area contributed by atoms with Crippen LogP contribution in [0.25, 0.3) is 10.9 Å². The lowest BCUT2D eigenvalue weighted by molar-refractivity contribution is -0.0596. The van der Waals surface area contributed by atoms with Crippen LogP contribution >= 0.6 is 23.3 Å². The molecule has 6 nitrogen and oxygen atoms in total. The first kappa shape index (κ1) is 18.9. The molecule has 1 saturated carbocycles. The van der Waals surface area contributed by atoms with Crippen molar-refractivity contribution in [1.82, 2.24) is 14.9 Å². The van der Waals surface area contributed by atoms with Crippen LogP contribution in [0, 0.1) is 18.3 Å². The summed E-state index contributed by atoms with van der Waals surface area (Å²) in [6.45, 7) is 5.67. The van der Waals surface area contributed by atoms with Gasteiger partial charge in [0, 0.05) is 24.7 Å². The van der Waals surface area contributed by atoms with Crippen molar-refractivity contribution >= 4 is 39.9 Å². The zero-order valence-corrected chi connectivity index (χ0v) is 18.0. The predicted molar refractivity (Wildman–Crippen MR) is 117 cm³/mol. The molecule has 0 radical (unpaired) electrons.